The van der Waals surface area contributed by atoms with Crippen LogP contribution in [0.25, 0.3) is 0 Å². The summed E-state index contributed by atoms with van der Waals surface area (Å²) in [7, 11) is 0. The van der Waals surface area contributed by atoms with E-state index in [0.29, 0.717) is 19.6 Å². The molecule has 1 saturated heterocycles. The van der Waals surface area contributed by atoms with E-state index in [-0.39, 0.29) is 24.2 Å². The third-order valence-corrected chi connectivity index (χ3v) is 5.50. The van der Waals surface area contributed by atoms with Crippen LogP contribution in [0.5, 0.6) is 0 Å². The van der Waals surface area contributed by atoms with Crippen molar-refractivity contribution in [1.82, 2.24) is 25.4 Å². The summed E-state index contributed by atoms with van der Waals surface area (Å²) in [5, 5.41) is 10.5. The molecule has 0 saturated carbocycles. The maximum Gasteiger partial charge on any atom is 0.225 e. The van der Waals surface area contributed by atoms with Gasteiger partial charge in [0.15, 0.2) is 0 Å². The minimum absolute atomic E-state index is 0.0210. The van der Waals surface area contributed by atoms with Crippen LogP contribution in [-0.2, 0) is 35.5 Å². The number of amides is 2. The number of carbonyl (C=O) groups excluding carboxylic acids is 2. The van der Waals surface area contributed by atoms with Gasteiger partial charge in [-0.1, -0.05) is 12.5 Å². The standard InChI is InChI=1S/C20H25N5O2/c26-19-9-15(13-25(19)12-14-5-4-8-21-10-14)20(27)22-11-18-16-6-2-1-3-7-17(16)23-24-18/h4-5,8,10,15H,1-3,6-7,9,11-13H2,(H,22,27)(H,23,24). The Morgan fingerprint density at radius 3 is 3.04 bits per heavy atom. The molecule has 3 heterocycles. The van der Waals surface area contributed by atoms with Crippen molar-refractivity contribution >= 4 is 11.8 Å². The molecule has 7 nitrogen and oxygen atoms in total. The summed E-state index contributed by atoms with van der Waals surface area (Å²) in [6.45, 7) is 1.39. The second-order valence-corrected chi connectivity index (χ2v) is 7.44. The van der Waals surface area contributed by atoms with E-state index < -0.39 is 0 Å². The number of aromatic amines is 1. The number of aromatic nitrogens is 3. The number of pyridine rings is 1. The van der Waals surface area contributed by atoms with E-state index in [0.717, 1.165) is 24.1 Å². The van der Waals surface area contributed by atoms with Gasteiger partial charge in [0.1, 0.15) is 0 Å². The summed E-state index contributed by atoms with van der Waals surface area (Å²) < 4.78 is 0. The molecule has 1 aliphatic carbocycles. The van der Waals surface area contributed by atoms with Crippen molar-refractivity contribution in [2.75, 3.05) is 6.54 Å². The van der Waals surface area contributed by atoms with Crippen LogP contribution in [0.4, 0.5) is 0 Å². The van der Waals surface area contributed by atoms with Crippen LogP contribution in [0.15, 0.2) is 24.5 Å². The van der Waals surface area contributed by atoms with Crippen molar-refractivity contribution < 1.29 is 9.59 Å². The smallest absolute Gasteiger partial charge is 0.225 e. The fourth-order valence-electron chi connectivity index (χ4n) is 4.00. The fraction of sp³-hybridized carbons (Fsp3) is 0.500. The monoisotopic (exact) mass is 367 g/mol. The topological polar surface area (TPSA) is 91.0 Å². The Kier molecular flexibility index (Phi) is 5.18. The molecule has 2 amide bonds. The Balaban J connectivity index is 1.33. The summed E-state index contributed by atoms with van der Waals surface area (Å²) in [6.07, 6.45) is 9.40. The lowest BCUT2D eigenvalue weighted by molar-refractivity contribution is -0.129. The molecule has 142 valence electrons. The van der Waals surface area contributed by atoms with Crippen LogP contribution in [0, 0.1) is 5.92 Å². The maximum atomic E-state index is 12.6. The van der Waals surface area contributed by atoms with E-state index in [4.69, 9.17) is 0 Å². The lowest BCUT2D eigenvalue weighted by atomic mass is 10.1. The molecule has 2 aliphatic rings. The average molecular weight is 367 g/mol. The molecule has 0 bridgehead atoms. The predicted octanol–water partition coefficient (Wildman–Crippen LogP) is 1.74. The second-order valence-electron chi connectivity index (χ2n) is 7.44. The summed E-state index contributed by atoms with van der Waals surface area (Å²) in [5.41, 5.74) is 4.41. The Bertz CT molecular complexity index is 817. The highest BCUT2D eigenvalue weighted by Gasteiger charge is 2.34. The van der Waals surface area contributed by atoms with Crippen LogP contribution >= 0.6 is 0 Å². The molecule has 0 aromatic carbocycles. The molecule has 27 heavy (non-hydrogen) atoms. The maximum absolute atomic E-state index is 12.6. The Morgan fingerprint density at radius 2 is 2.19 bits per heavy atom. The van der Waals surface area contributed by atoms with E-state index in [2.05, 4.69) is 20.5 Å². The van der Waals surface area contributed by atoms with Crippen LogP contribution < -0.4 is 5.32 Å². The quantitative estimate of drug-likeness (QED) is 0.788. The van der Waals surface area contributed by atoms with Gasteiger partial charge in [-0.15, -0.1) is 0 Å². The molecule has 0 spiro atoms. The average Bonchev–Trinajstić information content (AvgIpc) is 3.15. The van der Waals surface area contributed by atoms with Crippen LogP contribution in [0.1, 0.15) is 48.2 Å². The van der Waals surface area contributed by atoms with Crippen molar-refractivity contribution in [1.29, 1.82) is 0 Å². The summed E-state index contributed by atoms with van der Waals surface area (Å²) in [6, 6.07) is 3.80. The first-order chi connectivity index (χ1) is 13.2. The van der Waals surface area contributed by atoms with Gasteiger partial charge in [-0.25, -0.2) is 0 Å². The van der Waals surface area contributed by atoms with Crippen LogP contribution in [0.2, 0.25) is 0 Å². The first kappa shape index (κ1) is 17.7. The third-order valence-electron chi connectivity index (χ3n) is 5.50. The van der Waals surface area contributed by atoms with E-state index in [1.54, 1.807) is 17.3 Å². The van der Waals surface area contributed by atoms with E-state index in [9.17, 15) is 9.59 Å². The molecule has 1 fully saturated rings. The van der Waals surface area contributed by atoms with Gasteiger partial charge in [0, 0.05) is 37.6 Å². The summed E-state index contributed by atoms with van der Waals surface area (Å²) in [5.74, 6) is -0.346. The first-order valence-electron chi connectivity index (χ1n) is 9.70. The molecule has 1 atom stereocenters. The Morgan fingerprint density at radius 1 is 1.30 bits per heavy atom. The van der Waals surface area contributed by atoms with Gasteiger partial charge in [-0.05, 0) is 42.9 Å². The normalized spacial score (nSPS) is 19.6. The van der Waals surface area contributed by atoms with Crippen LogP contribution in [0.3, 0.4) is 0 Å². The van der Waals surface area contributed by atoms with Crippen molar-refractivity contribution in [3.63, 3.8) is 0 Å². The zero-order chi connectivity index (χ0) is 18.6. The molecule has 1 aliphatic heterocycles. The third kappa shape index (κ3) is 4.02. The van der Waals surface area contributed by atoms with Gasteiger partial charge in [0.25, 0.3) is 0 Å². The number of H-pyrrole nitrogens is 1. The van der Waals surface area contributed by atoms with Gasteiger partial charge in [0.2, 0.25) is 11.8 Å². The first-order valence-corrected chi connectivity index (χ1v) is 9.70. The van der Waals surface area contributed by atoms with Crippen molar-refractivity contribution in [3.8, 4) is 0 Å². The number of fused-ring (bicyclic) bond motifs is 1. The van der Waals surface area contributed by atoms with E-state index >= 15 is 0 Å². The predicted molar refractivity (Wildman–Crippen MR) is 99.5 cm³/mol. The second kappa shape index (κ2) is 7.90. The molecule has 4 rings (SSSR count). The van der Waals surface area contributed by atoms with Crippen LogP contribution in [-0.4, -0.2) is 38.4 Å². The van der Waals surface area contributed by atoms with Crippen molar-refractivity contribution in [2.45, 2.75) is 51.6 Å². The molecule has 0 radical (unpaired) electrons. The number of nitrogens with zero attached hydrogens (tertiary/aromatic N) is 3. The van der Waals surface area contributed by atoms with E-state index in [1.807, 2.05) is 12.1 Å². The molecule has 2 aromatic rings. The Hall–Kier alpha value is -2.70. The lowest BCUT2D eigenvalue weighted by Crippen LogP contribution is -2.32. The number of hydrogen-bond acceptors (Lipinski definition) is 4. The lowest BCUT2D eigenvalue weighted by Gasteiger charge is -2.16. The molecule has 1 unspecified atom stereocenters. The van der Waals surface area contributed by atoms with Crippen molar-refractivity contribution in [2.24, 2.45) is 5.92 Å². The number of likely N-dealkylation sites (tertiary alicyclic amines) is 1. The number of hydrogen-bond donors (Lipinski definition) is 2. The minimum atomic E-state index is -0.299. The number of aryl methyl sites for hydroxylation is 1. The number of nitrogens with one attached hydrogen (secondary N) is 2. The number of rotatable bonds is 5. The molecule has 7 heteroatoms. The highest BCUT2D eigenvalue weighted by Crippen LogP contribution is 2.23. The van der Waals surface area contributed by atoms with E-state index in [1.165, 1.54) is 30.5 Å². The van der Waals surface area contributed by atoms with Gasteiger partial charge < -0.3 is 10.2 Å². The van der Waals surface area contributed by atoms with Gasteiger partial charge in [-0.2, -0.15) is 5.10 Å². The largest absolute Gasteiger partial charge is 0.350 e. The SMILES string of the molecule is O=C(NCc1n[nH]c2c1CCCCC2)C1CC(=O)N(Cc2cccnc2)C1. The Labute approximate surface area is 158 Å². The zero-order valence-electron chi connectivity index (χ0n) is 15.4. The van der Waals surface area contributed by atoms with Gasteiger partial charge in [-0.3, -0.25) is 19.7 Å². The summed E-state index contributed by atoms with van der Waals surface area (Å²) in [4.78, 5) is 30.7. The molecule has 2 N–H and O–H groups in total. The van der Waals surface area contributed by atoms with Gasteiger partial charge >= 0.3 is 0 Å². The highest BCUT2D eigenvalue weighted by atomic mass is 16.2. The zero-order valence-corrected chi connectivity index (χ0v) is 15.4. The molecular weight excluding hydrogens is 342 g/mol. The molecular formula is C20H25N5O2. The minimum Gasteiger partial charge on any atom is -0.350 e. The highest BCUT2D eigenvalue weighted by molar-refractivity contribution is 5.89. The number of carbonyl (C=O) groups is 2. The van der Waals surface area contributed by atoms with Crippen molar-refractivity contribution in [3.05, 3.63) is 47.0 Å². The molecule has 2 aromatic heterocycles. The summed E-state index contributed by atoms with van der Waals surface area (Å²) >= 11 is 0. The fourth-order valence-corrected chi connectivity index (χ4v) is 4.00. The van der Waals surface area contributed by atoms with Gasteiger partial charge in [0.05, 0.1) is 18.2 Å².